The zero-order valence-electron chi connectivity index (χ0n) is 13.8. The van der Waals surface area contributed by atoms with E-state index >= 15 is 0 Å². The summed E-state index contributed by atoms with van der Waals surface area (Å²) in [4.78, 5) is 10.9. The lowest BCUT2D eigenvalue weighted by Crippen LogP contribution is -2.32. The van der Waals surface area contributed by atoms with Gasteiger partial charge in [0.1, 0.15) is 12.2 Å². The fraction of sp³-hybridized carbons (Fsp3) is 0.824. The number of amides is 1. The van der Waals surface area contributed by atoms with Crippen molar-refractivity contribution < 1.29 is 19.7 Å². The molecule has 0 saturated carbocycles. The molecule has 0 radical (unpaired) electrons. The zero-order valence-corrected chi connectivity index (χ0v) is 13.8. The number of carbonyl (C=O) groups excluding carboxylic acids is 1. The Hall–Kier alpha value is -1.07. The van der Waals surface area contributed by atoms with Crippen LogP contribution in [0.25, 0.3) is 0 Å². The van der Waals surface area contributed by atoms with Crippen LogP contribution in [0.4, 0.5) is 4.79 Å². The highest BCUT2D eigenvalue weighted by atomic mass is 16.6. The molecule has 1 aliphatic rings. The number of aliphatic hydroxyl groups excluding tert-OH is 2. The van der Waals surface area contributed by atoms with Crippen LogP contribution in [0.2, 0.25) is 0 Å². The molecule has 5 heteroatoms. The van der Waals surface area contributed by atoms with Crippen molar-refractivity contribution in [2.75, 3.05) is 0 Å². The molecule has 1 rings (SSSR count). The standard InChI is InChI=1S/C17H31NO4/c1-3-4-5-6-11-17(2)12-7-8-14(22-16(18)21)13(19)9-10-15(17)20/h9-10,13-15,19-20H,3-8,11-12H2,1-2H3,(H2,18,21)/b10-9+. The van der Waals surface area contributed by atoms with Gasteiger partial charge in [-0.15, -0.1) is 0 Å². The van der Waals surface area contributed by atoms with Gasteiger partial charge < -0.3 is 20.7 Å². The molecule has 0 saturated heterocycles. The maximum Gasteiger partial charge on any atom is 0.404 e. The summed E-state index contributed by atoms with van der Waals surface area (Å²) >= 11 is 0. The zero-order chi connectivity index (χ0) is 16.6. The molecule has 0 heterocycles. The molecule has 0 aromatic rings. The summed E-state index contributed by atoms with van der Waals surface area (Å²) < 4.78 is 4.97. The Labute approximate surface area is 133 Å². The van der Waals surface area contributed by atoms with E-state index in [1.165, 1.54) is 25.3 Å². The summed E-state index contributed by atoms with van der Waals surface area (Å²) in [6, 6.07) is 0. The second-order valence-electron chi connectivity index (χ2n) is 6.65. The van der Waals surface area contributed by atoms with Crippen molar-refractivity contribution in [1.82, 2.24) is 0 Å². The molecule has 0 fully saturated rings. The second kappa shape index (κ2) is 9.16. The first-order chi connectivity index (χ1) is 10.4. The van der Waals surface area contributed by atoms with Gasteiger partial charge in [-0.1, -0.05) is 51.7 Å². The fourth-order valence-corrected chi connectivity index (χ4v) is 3.11. The minimum absolute atomic E-state index is 0.203. The van der Waals surface area contributed by atoms with Gasteiger partial charge in [0.15, 0.2) is 0 Å². The molecule has 0 aromatic heterocycles. The Morgan fingerprint density at radius 3 is 2.68 bits per heavy atom. The highest BCUT2D eigenvalue weighted by Crippen LogP contribution is 2.36. The van der Waals surface area contributed by atoms with Gasteiger partial charge in [0.25, 0.3) is 0 Å². The molecular formula is C17H31NO4. The highest BCUT2D eigenvalue weighted by Gasteiger charge is 2.33. The third kappa shape index (κ3) is 5.97. The third-order valence-electron chi connectivity index (χ3n) is 4.69. The third-order valence-corrected chi connectivity index (χ3v) is 4.69. The monoisotopic (exact) mass is 313 g/mol. The normalized spacial score (nSPS) is 34.3. The first-order valence-electron chi connectivity index (χ1n) is 8.39. The van der Waals surface area contributed by atoms with Crippen LogP contribution in [0.3, 0.4) is 0 Å². The average Bonchev–Trinajstić information content (AvgIpc) is 2.50. The Morgan fingerprint density at radius 1 is 1.32 bits per heavy atom. The number of unbranched alkanes of at least 4 members (excludes halogenated alkanes) is 3. The number of primary amides is 1. The maximum atomic E-state index is 10.9. The van der Waals surface area contributed by atoms with Crippen LogP contribution in [0.15, 0.2) is 12.2 Å². The summed E-state index contributed by atoms with van der Waals surface area (Å²) in [7, 11) is 0. The number of nitrogens with two attached hydrogens (primary N) is 1. The Balaban J connectivity index is 2.68. The van der Waals surface area contributed by atoms with E-state index in [2.05, 4.69) is 13.8 Å². The quantitative estimate of drug-likeness (QED) is 0.519. The van der Waals surface area contributed by atoms with Crippen LogP contribution in [0.1, 0.15) is 65.2 Å². The number of aliphatic hydroxyl groups is 2. The van der Waals surface area contributed by atoms with Gasteiger partial charge in [0, 0.05) is 0 Å². The summed E-state index contributed by atoms with van der Waals surface area (Å²) in [6.45, 7) is 4.27. The molecule has 4 N–H and O–H groups in total. The molecule has 4 atom stereocenters. The van der Waals surface area contributed by atoms with Gasteiger partial charge >= 0.3 is 6.09 Å². The molecule has 0 bridgehead atoms. The Bertz CT molecular complexity index is 372. The number of hydrogen-bond acceptors (Lipinski definition) is 4. The molecule has 0 spiro atoms. The SMILES string of the molecule is CCCCCCC1(C)CCCC(OC(N)=O)C(O)/C=C/C1O. The number of rotatable bonds is 6. The lowest BCUT2D eigenvalue weighted by Gasteiger charge is -2.33. The topological polar surface area (TPSA) is 92.8 Å². The van der Waals surface area contributed by atoms with Crippen molar-refractivity contribution in [2.24, 2.45) is 11.1 Å². The second-order valence-corrected chi connectivity index (χ2v) is 6.65. The predicted octanol–water partition coefficient (Wildman–Crippen LogP) is 2.89. The van der Waals surface area contributed by atoms with E-state index in [1.807, 2.05) is 0 Å². The van der Waals surface area contributed by atoms with E-state index in [4.69, 9.17) is 10.5 Å². The van der Waals surface area contributed by atoms with Crippen LogP contribution in [-0.4, -0.2) is 34.6 Å². The summed E-state index contributed by atoms with van der Waals surface area (Å²) in [6.07, 6.45) is 7.91. The molecule has 128 valence electrons. The predicted molar refractivity (Wildman–Crippen MR) is 86.3 cm³/mol. The van der Waals surface area contributed by atoms with Crippen molar-refractivity contribution >= 4 is 6.09 Å². The van der Waals surface area contributed by atoms with E-state index in [0.717, 1.165) is 25.7 Å². The molecule has 1 aliphatic carbocycles. The van der Waals surface area contributed by atoms with Crippen molar-refractivity contribution in [3.05, 3.63) is 12.2 Å². The highest BCUT2D eigenvalue weighted by molar-refractivity contribution is 5.64. The summed E-state index contributed by atoms with van der Waals surface area (Å²) in [5.74, 6) is 0. The van der Waals surface area contributed by atoms with Crippen molar-refractivity contribution in [2.45, 2.75) is 83.5 Å². The van der Waals surface area contributed by atoms with Gasteiger partial charge in [0.05, 0.1) is 6.10 Å². The van der Waals surface area contributed by atoms with Gasteiger partial charge in [-0.05, 0) is 31.1 Å². The molecular weight excluding hydrogens is 282 g/mol. The van der Waals surface area contributed by atoms with Crippen LogP contribution in [0, 0.1) is 5.41 Å². The van der Waals surface area contributed by atoms with Crippen molar-refractivity contribution in [1.29, 1.82) is 0 Å². The average molecular weight is 313 g/mol. The minimum Gasteiger partial charge on any atom is -0.443 e. The van der Waals surface area contributed by atoms with Gasteiger partial charge in [0.2, 0.25) is 0 Å². The van der Waals surface area contributed by atoms with Crippen molar-refractivity contribution in [3.63, 3.8) is 0 Å². The van der Waals surface area contributed by atoms with E-state index in [9.17, 15) is 15.0 Å². The van der Waals surface area contributed by atoms with E-state index in [1.54, 1.807) is 6.08 Å². The van der Waals surface area contributed by atoms with Gasteiger partial charge in [-0.25, -0.2) is 4.79 Å². The number of ether oxygens (including phenoxy) is 1. The number of hydrogen-bond donors (Lipinski definition) is 3. The summed E-state index contributed by atoms with van der Waals surface area (Å²) in [5.41, 5.74) is 4.84. The van der Waals surface area contributed by atoms with Crippen molar-refractivity contribution in [3.8, 4) is 0 Å². The van der Waals surface area contributed by atoms with Crippen LogP contribution in [0.5, 0.6) is 0 Å². The minimum atomic E-state index is -0.926. The van der Waals surface area contributed by atoms with E-state index in [-0.39, 0.29) is 5.41 Å². The molecule has 0 aliphatic heterocycles. The number of carbonyl (C=O) groups is 1. The smallest absolute Gasteiger partial charge is 0.404 e. The molecule has 0 aromatic carbocycles. The van der Waals surface area contributed by atoms with Crippen LogP contribution in [-0.2, 0) is 4.74 Å². The Kier molecular flexibility index (Phi) is 7.90. The molecule has 22 heavy (non-hydrogen) atoms. The fourth-order valence-electron chi connectivity index (χ4n) is 3.11. The summed E-state index contributed by atoms with van der Waals surface area (Å²) in [5, 5.41) is 20.5. The lowest BCUT2D eigenvalue weighted by molar-refractivity contribution is 0.0214. The Morgan fingerprint density at radius 2 is 2.05 bits per heavy atom. The van der Waals surface area contributed by atoms with Gasteiger partial charge in [-0.2, -0.15) is 0 Å². The maximum absolute atomic E-state index is 10.9. The molecule has 1 amide bonds. The van der Waals surface area contributed by atoms with Gasteiger partial charge in [-0.3, -0.25) is 0 Å². The van der Waals surface area contributed by atoms with Crippen LogP contribution >= 0.6 is 0 Å². The first kappa shape index (κ1) is 19.0. The largest absolute Gasteiger partial charge is 0.443 e. The first-order valence-corrected chi connectivity index (χ1v) is 8.39. The molecule has 5 nitrogen and oxygen atoms in total. The van der Waals surface area contributed by atoms with Crippen LogP contribution < -0.4 is 5.73 Å². The molecule has 4 unspecified atom stereocenters. The lowest BCUT2D eigenvalue weighted by atomic mass is 9.75. The van der Waals surface area contributed by atoms with E-state index in [0.29, 0.717) is 6.42 Å². The van der Waals surface area contributed by atoms with E-state index < -0.39 is 24.4 Å².